The molecule has 1 aliphatic heterocycles. The number of carbonyl (C=O) groups is 2. The van der Waals surface area contributed by atoms with Gasteiger partial charge in [-0.1, -0.05) is 42.0 Å². The quantitative estimate of drug-likeness (QED) is 0.567. The van der Waals surface area contributed by atoms with E-state index in [0.717, 1.165) is 16.8 Å². The fourth-order valence-electron chi connectivity index (χ4n) is 3.45. The van der Waals surface area contributed by atoms with Gasteiger partial charge in [0, 0.05) is 6.42 Å². The van der Waals surface area contributed by atoms with Crippen molar-refractivity contribution >= 4 is 17.4 Å². The predicted octanol–water partition coefficient (Wildman–Crippen LogP) is 4.55. The Hall–Kier alpha value is -3.67. The van der Waals surface area contributed by atoms with E-state index in [0.29, 0.717) is 23.5 Å². The van der Waals surface area contributed by atoms with Gasteiger partial charge in [-0.3, -0.25) is 9.59 Å². The van der Waals surface area contributed by atoms with Crippen molar-refractivity contribution in [2.45, 2.75) is 26.3 Å². The Morgan fingerprint density at radius 3 is 2.57 bits per heavy atom. The van der Waals surface area contributed by atoms with Crippen LogP contribution in [0.4, 0.5) is 0 Å². The van der Waals surface area contributed by atoms with Gasteiger partial charge in [0.1, 0.15) is 17.6 Å². The standard InChI is InChI=1S/C24H22N2O4/c1-16-9-11-18(12-10-16)20-14-21(23-8-5-13-29-23)26(25-20)24(28)15-30-22-7-4-3-6-19(22)17(2)27/h3-13,21H,14-15H2,1-2H3. The molecule has 1 amide bonds. The number of Topliss-reactive ketones (excluding diaryl/α,β-unsaturated/α-hetero) is 1. The van der Waals surface area contributed by atoms with Crippen LogP contribution >= 0.6 is 0 Å². The van der Waals surface area contributed by atoms with Gasteiger partial charge in [-0.05, 0) is 43.7 Å². The number of hydrazone groups is 1. The molecule has 2 heterocycles. The second-order valence-corrected chi connectivity index (χ2v) is 7.23. The average Bonchev–Trinajstić information content (AvgIpc) is 3.42. The lowest BCUT2D eigenvalue weighted by molar-refractivity contribution is -0.135. The maximum Gasteiger partial charge on any atom is 0.281 e. The molecule has 0 N–H and O–H groups in total. The summed E-state index contributed by atoms with van der Waals surface area (Å²) in [5.41, 5.74) is 3.38. The topological polar surface area (TPSA) is 72.1 Å². The number of amides is 1. The summed E-state index contributed by atoms with van der Waals surface area (Å²) in [5, 5.41) is 6.01. The van der Waals surface area contributed by atoms with Crippen LogP contribution in [-0.2, 0) is 4.79 Å². The van der Waals surface area contributed by atoms with Crippen molar-refractivity contribution in [3.8, 4) is 5.75 Å². The molecule has 6 nitrogen and oxygen atoms in total. The van der Waals surface area contributed by atoms with Gasteiger partial charge in [0.2, 0.25) is 0 Å². The first-order valence-corrected chi connectivity index (χ1v) is 9.75. The number of furan rings is 1. The smallest absolute Gasteiger partial charge is 0.281 e. The fourth-order valence-corrected chi connectivity index (χ4v) is 3.45. The zero-order chi connectivity index (χ0) is 21.1. The maximum atomic E-state index is 13.0. The van der Waals surface area contributed by atoms with E-state index in [2.05, 4.69) is 5.10 Å². The number of rotatable bonds is 6. The number of ether oxygens (including phenoxy) is 1. The Balaban J connectivity index is 1.56. The number of benzene rings is 2. The summed E-state index contributed by atoms with van der Waals surface area (Å²) in [4.78, 5) is 24.8. The Morgan fingerprint density at radius 2 is 1.87 bits per heavy atom. The molecular formula is C24H22N2O4. The highest BCUT2D eigenvalue weighted by atomic mass is 16.5. The highest BCUT2D eigenvalue weighted by Gasteiger charge is 2.35. The van der Waals surface area contributed by atoms with Crippen LogP contribution in [0.15, 0.2) is 76.4 Å². The Kier molecular flexibility index (Phi) is 5.48. The first-order chi connectivity index (χ1) is 14.5. The summed E-state index contributed by atoms with van der Waals surface area (Å²) in [6.07, 6.45) is 2.13. The van der Waals surface area contributed by atoms with Crippen LogP contribution in [0.2, 0.25) is 0 Å². The van der Waals surface area contributed by atoms with E-state index < -0.39 is 0 Å². The lowest BCUT2D eigenvalue weighted by Gasteiger charge is -2.20. The molecule has 1 aliphatic rings. The van der Waals surface area contributed by atoms with Crippen molar-refractivity contribution in [1.82, 2.24) is 5.01 Å². The first-order valence-electron chi connectivity index (χ1n) is 9.75. The van der Waals surface area contributed by atoms with Crippen molar-refractivity contribution in [1.29, 1.82) is 0 Å². The minimum absolute atomic E-state index is 0.118. The molecule has 0 radical (unpaired) electrons. The van der Waals surface area contributed by atoms with Crippen molar-refractivity contribution in [2.75, 3.05) is 6.61 Å². The van der Waals surface area contributed by atoms with Crippen LogP contribution in [0.5, 0.6) is 5.75 Å². The van der Waals surface area contributed by atoms with E-state index in [1.165, 1.54) is 11.9 Å². The van der Waals surface area contributed by atoms with Crippen LogP contribution in [0.3, 0.4) is 0 Å². The van der Waals surface area contributed by atoms with E-state index >= 15 is 0 Å². The van der Waals surface area contributed by atoms with Crippen molar-refractivity contribution < 1.29 is 18.7 Å². The van der Waals surface area contributed by atoms with Crippen molar-refractivity contribution in [3.63, 3.8) is 0 Å². The number of ketones is 1. The number of nitrogens with zero attached hydrogens (tertiary/aromatic N) is 2. The normalized spacial score (nSPS) is 15.7. The van der Waals surface area contributed by atoms with E-state index in [9.17, 15) is 9.59 Å². The number of hydrogen-bond donors (Lipinski definition) is 0. The summed E-state index contributed by atoms with van der Waals surface area (Å²) >= 11 is 0. The second kappa shape index (κ2) is 8.37. The lowest BCUT2D eigenvalue weighted by Crippen LogP contribution is -2.31. The molecule has 2 aromatic carbocycles. The SMILES string of the molecule is CC(=O)c1ccccc1OCC(=O)N1N=C(c2ccc(C)cc2)CC1c1ccco1. The monoisotopic (exact) mass is 402 g/mol. The molecule has 30 heavy (non-hydrogen) atoms. The zero-order valence-corrected chi connectivity index (χ0v) is 16.9. The molecule has 3 aromatic rings. The molecule has 0 fully saturated rings. The summed E-state index contributed by atoms with van der Waals surface area (Å²) < 4.78 is 11.2. The second-order valence-electron chi connectivity index (χ2n) is 7.23. The molecule has 0 bridgehead atoms. The van der Waals surface area contributed by atoms with E-state index in [-0.39, 0.29) is 24.3 Å². The Bertz CT molecular complexity index is 1080. The maximum absolute atomic E-state index is 13.0. The Morgan fingerprint density at radius 1 is 1.10 bits per heavy atom. The predicted molar refractivity (Wildman–Crippen MR) is 113 cm³/mol. The molecule has 0 spiro atoms. The van der Waals surface area contributed by atoms with E-state index in [1.54, 1.807) is 36.6 Å². The van der Waals surface area contributed by atoms with Gasteiger partial charge in [-0.2, -0.15) is 5.10 Å². The largest absolute Gasteiger partial charge is 0.483 e. The Labute approximate surface area is 174 Å². The van der Waals surface area contributed by atoms with Crippen LogP contribution in [0.1, 0.15) is 46.6 Å². The van der Waals surface area contributed by atoms with Gasteiger partial charge in [-0.15, -0.1) is 0 Å². The third kappa shape index (κ3) is 4.03. The molecule has 4 rings (SSSR count). The molecule has 1 atom stereocenters. The number of hydrogen-bond acceptors (Lipinski definition) is 5. The van der Waals surface area contributed by atoms with Gasteiger partial charge < -0.3 is 9.15 Å². The van der Waals surface area contributed by atoms with E-state index in [4.69, 9.17) is 9.15 Å². The molecular weight excluding hydrogens is 380 g/mol. The van der Waals surface area contributed by atoms with Gasteiger partial charge in [-0.25, -0.2) is 5.01 Å². The zero-order valence-electron chi connectivity index (χ0n) is 16.9. The third-order valence-corrected chi connectivity index (χ3v) is 5.04. The molecule has 0 saturated heterocycles. The molecule has 6 heteroatoms. The van der Waals surface area contributed by atoms with Gasteiger partial charge >= 0.3 is 0 Å². The summed E-state index contributed by atoms with van der Waals surface area (Å²) in [7, 11) is 0. The highest BCUT2D eigenvalue weighted by Crippen LogP contribution is 2.33. The number of carbonyl (C=O) groups excluding carboxylic acids is 2. The molecule has 1 unspecified atom stereocenters. The van der Waals surface area contributed by atoms with Gasteiger partial charge in [0.15, 0.2) is 12.4 Å². The highest BCUT2D eigenvalue weighted by molar-refractivity contribution is 6.03. The molecule has 152 valence electrons. The third-order valence-electron chi connectivity index (χ3n) is 5.04. The first kappa shape index (κ1) is 19.6. The molecule has 0 saturated carbocycles. The van der Waals surface area contributed by atoms with Gasteiger partial charge in [0.25, 0.3) is 5.91 Å². The van der Waals surface area contributed by atoms with Crippen LogP contribution in [0.25, 0.3) is 0 Å². The number of aryl methyl sites for hydroxylation is 1. The molecule has 0 aliphatic carbocycles. The van der Waals surface area contributed by atoms with Crippen LogP contribution in [0, 0.1) is 6.92 Å². The van der Waals surface area contributed by atoms with Crippen LogP contribution in [-0.4, -0.2) is 29.0 Å². The minimum Gasteiger partial charge on any atom is -0.483 e. The van der Waals surface area contributed by atoms with E-state index in [1.807, 2.05) is 37.3 Å². The minimum atomic E-state index is -0.338. The average molecular weight is 402 g/mol. The van der Waals surface area contributed by atoms with Crippen molar-refractivity contribution in [2.24, 2.45) is 5.10 Å². The summed E-state index contributed by atoms with van der Waals surface area (Å²) in [6, 6.07) is 18.2. The number of para-hydroxylation sites is 1. The van der Waals surface area contributed by atoms with Crippen LogP contribution < -0.4 is 4.74 Å². The fraction of sp³-hybridized carbons (Fsp3) is 0.208. The summed E-state index contributed by atoms with van der Waals surface area (Å²) in [5.74, 6) is 0.623. The van der Waals surface area contributed by atoms with Gasteiger partial charge in [0.05, 0.1) is 17.5 Å². The molecule has 1 aromatic heterocycles. The summed E-state index contributed by atoms with van der Waals surface area (Å²) in [6.45, 7) is 3.26. The van der Waals surface area contributed by atoms with Crippen molar-refractivity contribution in [3.05, 3.63) is 89.4 Å². The lowest BCUT2D eigenvalue weighted by atomic mass is 10.0.